The van der Waals surface area contributed by atoms with Crippen LogP contribution in [0.4, 0.5) is 15.9 Å². The van der Waals surface area contributed by atoms with Crippen molar-refractivity contribution in [2.24, 2.45) is 0 Å². The number of amides is 1. The van der Waals surface area contributed by atoms with Crippen LogP contribution in [0.15, 0.2) is 54.7 Å². The van der Waals surface area contributed by atoms with Gasteiger partial charge in [0.25, 0.3) is 5.91 Å². The second-order valence-corrected chi connectivity index (χ2v) is 7.02. The molecule has 0 aliphatic heterocycles. The Morgan fingerprint density at radius 3 is 2.76 bits per heavy atom. The topological polar surface area (TPSA) is 74.2 Å². The van der Waals surface area contributed by atoms with Crippen LogP contribution in [-0.4, -0.2) is 29.1 Å². The molecule has 150 valence electrons. The summed E-state index contributed by atoms with van der Waals surface area (Å²) in [6.45, 7) is 1.92. The predicted octanol–water partition coefficient (Wildman–Crippen LogP) is 4.24. The molecule has 5 nitrogen and oxygen atoms in total. The van der Waals surface area contributed by atoms with Crippen molar-refractivity contribution in [2.75, 3.05) is 18.5 Å². The number of pyridine rings is 1. The molecule has 1 amide bonds. The zero-order valence-corrected chi connectivity index (χ0v) is 16.6. The van der Waals surface area contributed by atoms with Gasteiger partial charge in [-0.15, -0.1) is 0 Å². The summed E-state index contributed by atoms with van der Waals surface area (Å²) in [6, 6.07) is 13.6. The van der Waals surface area contributed by atoms with Crippen LogP contribution in [0.25, 0.3) is 0 Å². The fourth-order valence-electron chi connectivity index (χ4n) is 3.02. The van der Waals surface area contributed by atoms with Crippen LogP contribution in [0.1, 0.15) is 27.0 Å². The van der Waals surface area contributed by atoms with Crippen molar-refractivity contribution < 1.29 is 14.3 Å². The van der Waals surface area contributed by atoms with E-state index in [4.69, 9.17) is 16.7 Å². The van der Waals surface area contributed by atoms with E-state index in [0.717, 1.165) is 22.4 Å². The van der Waals surface area contributed by atoms with E-state index < -0.39 is 0 Å². The molecule has 0 aliphatic rings. The lowest BCUT2D eigenvalue weighted by Gasteiger charge is -2.13. The summed E-state index contributed by atoms with van der Waals surface area (Å²) in [5.41, 5.74) is 3.76. The number of hydrogen-bond acceptors (Lipinski definition) is 4. The zero-order valence-electron chi connectivity index (χ0n) is 15.9. The third-order valence-electron chi connectivity index (χ3n) is 4.39. The number of aliphatic hydroxyl groups is 1. The van der Waals surface area contributed by atoms with Gasteiger partial charge >= 0.3 is 0 Å². The summed E-state index contributed by atoms with van der Waals surface area (Å²) < 4.78 is 13.6. The van der Waals surface area contributed by atoms with Crippen molar-refractivity contribution >= 4 is 29.0 Å². The van der Waals surface area contributed by atoms with Crippen molar-refractivity contribution in [3.05, 3.63) is 87.8 Å². The van der Waals surface area contributed by atoms with Crippen molar-refractivity contribution in [3.63, 3.8) is 0 Å². The van der Waals surface area contributed by atoms with Crippen molar-refractivity contribution in [1.29, 1.82) is 0 Å². The highest BCUT2D eigenvalue weighted by molar-refractivity contribution is 6.30. The molecule has 0 radical (unpaired) electrons. The first-order valence-corrected chi connectivity index (χ1v) is 9.49. The monoisotopic (exact) mass is 413 g/mol. The van der Waals surface area contributed by atoms with Gasteiger partial charge in [-0.05, 0) is 72.5 Å². The van der Waals surface area contributed by atoms with E-state index in [1.807, 2.05) is 25.1 Å². The molecule has 3 rings (SSSR count). The van der Waals surface area contributed by atoms with E-state index in [1.54, 1.807) is 24.4 Å². The standard InChI is InChI=1S/C22H21ClFN3O2/c1-14-19(22(29)26-7-8-28)3-2-4-20(14)27-21-12-15(5-6-25-21)9-16-10-17(23)13-18(24)11-16/h2-6,10-13,28H,7-9H2,1H3,(H,25,27)(H,26,29). The van der Waals surface area contributed by atoms with Crippen LogP contribution in [0.5, 0.6) is 0 Å². The maximum Gasteiger partial charge on any atom is 0.251 e. The maximum atomic E-state index is 13.6. The first-order chi connectivity index (χ1) is 14.0. The van der Waals surface area contributed by atoms with Gasteiger partial charge in [-0.1, -0.05) is 17.7 Å². The van der Waals surface area contributed by atoms with E-state index in [2.05, 4.69) is 15.6 Å². The van der Waals surface area contributed by atoms with Crippen molar-refractivity contribution in [1.82, 2.24) is 10.3 Å². The molecule has 0 atom stereocenters. The fourth-order valence-corrected chi connectivity index (χ4v) is 3.27. The zero-order chi connectivity index (χ0) is 20.8. The summed E-state index contributed by atoms with van der Waals surface area (Å²) in [5.74, 6) is -0.00210. The number of carbonyl (C=O) groups is 1. The van der Waals surface area contributed by atoms with Crippen LogP contribution in [0, 0.1) is 12.7 Å². The summed E-state index contributed by atoms with van der Waals surface area (Å²) in [7, 11) is 0. The van der Waals surface area contributed by atoms with Crippen LogP contribution in [-0.2, 0) is 6.42 Å². The molecule has 29 heavy (non-hydrogen) atoms. The van der Waals surface area contributed by atoms with E-state index >= 15 is 0 Å². The van der Waals surface area contributed by atoms with E-state index in [9.17, 15) is 9.18 Å². The maximum absolute atomic E-state index is 13.6. The molecule has 0 saturated heterocycles. The van der Waals surface area contributed by atoms with Gasteiger partial charge in [-0.25, -0.2) is 9.37 Å². The number of rotatable bonds is 7. The largest absolute Gasteiger partial charge is 0.395 e. The molecule has 0 bridgehead atoms. The number of carbonyl (C=O) groups excluding carboxylic acids is 1. The van der Waals surface area contributed by atoms with Gasteiger partial charge in [0.05, 0.1) is 6.61 Å². The predicted molar refractivity (Wildman–Crippen MR) is 112 cm³/mol. The Kier molecular flexibility index (Phi) is 6.80. The smallest absolute Gasteiger partial charge is 0.251 e. The average Bonchev–Trinajstić information content (AvgIpc) is 2.67. The molecule has 0 fully saturated rings. The molecular formula is C22H21ClFN3O2. The molecule has 0 aliphatic carbocycles. The number of nitrogens with one attached hydrogen (secondary N) is 2. The summed E-state index contributed by atoms with van der Waals surface area (Å²) in [5, 5.41) is 15.1. The lowest BCUT2D eigenvalue weighted by molar-refractivity contribution is 0.0944. The number of hydrogen-bond donors (Lipinski definition) is 3. The van der Waals surface area contributed by atoms with Crippen LogP contribution >= 0.6 is 11.6 Å². The summed E-state index contributed by atoms with van der Waals surface area (Å²) >= 11 is 5.93. The van der Waals surface area contributed by atoms with Gasteiger partial charge in [-0.2, -0.15) is 0 Å². The number of aromatic nitrogens is 1. The van der Waals surface area contributed by atoms with Crippen molar-refractivity contribution in [2.45, 2.75) is 13.3 Å². The molecule has 0 unspecified atom stereocenters. The Morgan fingerprint density at radius 1 is 1.17 bits per heavy atom. The van der Waals surface area contributed by atoms with E-state index in [1.165, 1.54) is 12.1 Å². The Balaban J connectivity index is 1.79. The minimum Gasteiger partial charge on any atom is -0.395 e. The molecule has 3 N–H and O–H groups in total. The molecule has 1 aromatic heterocycles. The van der Waals surface area contributed by atoms with Gasteiger partial charge in [0.2, 0.25) is 0 Å². The lowest BCUT2D eigenvalue weighted by Crippen LogP contribution is -2.27. The first-order valence-electron chi connectivity index (χ1n) is 9.12. The molecule has 3 aromatic rings. The Labute approximate surface area is 173 Å². The molecule has 1 heterocycles. The highest BCUT2D eigenvalue weighted by atomic mass is 35.5. The number of halogens is 2. The van der Waals surface area contributed by atoms with Gasteiger partial charge in [0.15, 0.2) is 0 Å². The number of anilines is 2. The normalized spacial score (nSPS) is 10.6. The molecule has 7 heteroatoms. The summed E-state index contributed by atoms with van der Waals surface area (Å²) in [6.07, 6.45) is 2.18. The average molecular weight is 414 g/mol. The fraction of sp³-hybridized carbons (Fsp3) is 0.182. The minimum atomic E-state index is -0.369. The van der Waals surface area contributed by atoms with E-state index in [0.29, 0.717) is 22.8 Å². The van der Waals surface area contributed by atoms with Gasteiger partial charge in [-0.3, -0.25) is 4.79 Å². The highest BCUT2D eigenvalue weighted by Crippen LogP contribution is 2.24. The SMILES string of the molecule is Cc1c(Nc2cc(Cc3cc(F)cc(Cl)c3)ccn2)cccc1C(=O)NCCO. The molecule has 2 aromatic carbocycles. The lowest BCUT2D eigenvalue weighted by atomic mass is 10.0. The quantitative estimate of drug-likeness (QED) is 0.541. The Morgan fingerprint density at radius 2 is 2.00 bits per heavy atom. The van der Waals surface area contributed by atoms with Crippen LogP contribution in [0.2, 0.25) is 5.02 Å². The number of aliphatic hydroxyl groups excluding tert-OH is 1. The van der Waals surface area contributed by atoms with Crippen LogP contribution < -0.4 is 10.6 Å². The van der Waals surface area contributed by atoms with E-state index in [-0.39, 0.29) is 24.9 Å². The molecule has 0 spiro atoms. The highest BCUT2D eigenvalue weighted by Gasteiger charge is 2.12. The minimum absolute atomic E-state index is 0.115. The molecular weight excluding hydrogens is 393 g/mol. The first kappa shape index (κ1) is 20.8. The molecule has 0 saturated carbocycles. The third-order valence-corrected chi connectivity index (χ3v) is 4.61. The Bertz CT molecular complexity index is 1010. The van der Waals surface area contributed by atoms with Gasteiger partial charge in [0, 0.05) is 29.0 Å². The van der Waals surface area contributed by atoms with Crippen LogP contribution in [0.3, 0.4) is 0 Å². The summed E-state index contributed by atoms with van der Waals surface area (Å²) in [4.78, 5) is 16.6. The van der Waals surface area contributed by atoms with Gasteiger partial charge in [0.1, 0.15) is 11.6 Å². The Hall–Kier alpha value is -2.96. The third kappa shape index (κ3) is 5.53. The van der Waals surface area contributed by atoms with Gasteiger partial charge < -0.3 is 15.7 Å². The second-order valence-electron chi connectivity index (χ2n) is 6.59. The van der Waals surface area contributed by atoms with Crippen molar-refractivity contribution in [3.8, 4) is 0 Å². The second kappa shape index (κ2) is 9.49. The number of benzene rings is 2. The number of nitrogens with zero attached hydrogens (tertiary/aromatic N) is 1.